The second kappa shape index (κ2) is 4.71. The van der Waals surface area contributed by atoms with Gasteiger partial charge in [-0.15, -0.1) is 0 Å². The van der Waals surface area contributed by atoms with Crippen LogP contribution in [0, 0.1) is 0 Å². The molecule has 2 nitrogen and oxygen atoms in total. The van der Waals surface area contributed by atoms with Crippen LogP contribution < -0.4 is 0 Å². The van der Waals surface area contributed by atoms with Crippen LogP contribution in [0.15, 0.2) is 42.5 Å². The summed E-state index contributed by atoms with van der Waals surface area (Å²) >= 11 is 0. The van der Waals surface area contributed by atoms with Gasteiger partial charge in [0, 0.05) is 5.92 Å². The molecule has 1 aliphatic carbocycles. The van der Waals surface area contributed by atoms with Crippen LogP contribution in [0.5, 0.6) is 11.5 Å². The highest BCUT2D eigenvalue weighted by Crippen LogP contribution is 2.48. The van der Waals surface area contributed by atoms with Crippen molar-refractivity contribution in [3.8, 4) is 11.5 Å². The first-order chi connectivity index (χ1) is 9.61. The fourth-order valence-corrected chi connectivity index (χ4v) is 3.19. The molecule has 0 radical (unpaired) electrons. The van der Waals surface area contributed by atoms with E-state index < -0.39 is 0 Å². The van der Waals surface area contributed by atoms with Crippen LogP contribution >= 0.6 is 0 Å². The van der Waals surface area contributed by atoms with E-state index in [0.29, 0.717) is 5.75 Å². The third-order valence-corrected chi connectivity index (χ3v) is 4.12. The van der Waals surface area contributed by atoms with E-state index in [1.165, 1.54) is 22.3 Å². The lowest BCUT2D eigenvalue weighted by molar-refractivity contribution is 0.474. The van der Waals surface area contributed by atoms with E-state index in [0.717, 1.165) is 12.0 Å². The molecule has 0 saturated carbocycles. The molecule has 0 aromatic heterocycles. The largest absolute Gasteiger partial charge is 0.508 e. The Morgan fingerprint density at radius 3 is 2.25 bits per heavy atom. The third-order valence-electron chi connectivity index (χ3n) is 4.12. The van der Waals surface area contributed by atoms with Gasteiger partial charge in [-0.05, 0) is 58.5 Å². The summed E-state index contributed by atoms with van der Waals surface area (Å²) in [5.41, 5.74) is 6.19. The smallest absolute Gasteiger partial charge is 0.115 e. The molecule has 2 aromatic rings. The van der Waals surface area contributed by atoms with Crippen LogP contribution in [0.1, 0.15) is 42.9 Å². The molecule has 0 amide bonds. The Morgan fingerprint density at radius 1 is 0.950 bits per heavy atom. The number of phenolic OH excluding ortho intramolecular Hbond substituents is 2. The Kier molecular flexibility index (Phi) is 3.01. The van der Waals surface area contributed by atoms with Crippen LogP contribution in [0.4, 0.5) is 0 Å². The topological polar surface area (TPSA) is 40.5 Å². The molecule has 0 fully saturated rings. The molecule has 2 heteroatoms. The van der Waals surface area contributed by atoms with Gasteiger partial charge in [0.2, 0.25) is 0 Å². The van der Waals surface area contributed by atoms with Gasteiger partial charge < -0.3 is 10.2 Å². The van der Waals surface area contributed by atoms with E-state index in [1.807, 2.05) is 24.3 Å². The van der Waals surface area contributed by atoms with Crippen molar-refractivity contribution in [1.29, 1.82) is 0 Å². The minimum Gasteiger partial charge on any atom is -0.508 e. The van der Waals surface area contributed by atoms with Crippen molar-refractivity contribution in [1.82, 2.24) is 0 Å². The second-order valence-electron chi connectivity index (χ2n) is 5.29. The predicted octanol–water partition coefficient (Wildman–Crippen LogP) is 4.54. The van der Waals surface area contributed by atoms with Crippen LogP contribution in [-0.2, 0) is 0 Å². The summed E-state index contributed by atoms with van der Waals surface area (Å²) < 4.78 is 0. The van der Waals surface area contributed by atoms with Crippen molar-refractivity contribution < 1.29 is 10.2 Å². The van der Waals surface area contributed by atoms with Crippen molar-refractivity contribution in [3.63, 3.8) is 0 Å². The molecule has 3 rings (SSSR count). The number of rotatable bonds is 2. The first-order valence-corrected chi connectivity index (χ1v) is 6.97. The normalized spacial score (nSPS) is 17.4. The fourth-order valence-electron chi connectivity index (χ4n) is 3.19. The highest BCUT2D eigenvalue weighted by molar-refractivity contribution is 5.99. The van der Waals surface area contributed by atoms with Gasteiger partial charge in [0.1, 0.15) is 11.5 Å². The maximum atomic E-state index is 9.71. The monoisotopic (exact) mass is 266 g/mol. The van der Waals surface area contributed by atoms with E-state index >= 15 is 0 Å². The predicted molar refractivity (Wildman–Crippen MR) is 81.7 cm³/mol. The molecule has 0 saturated heterocycles. The van der Waals surface area contributed by atoms with Gasteiger partial charge >= 0.3 is 0 Å². The molecule has 2 aromatic carbocycles. The quantitative estimate of drug-likeness (QED) is 0.838. The van der Waals surface area contributed by atoms with E-state index in [4.69, 9.17) is 0 Å². The molecular weight excluding hydrogens is 248 g/mol. The molecule has 102 valence electrons. The lowest BCUT2D eigenvalue weighted by Crippen LogP contribution is -1.93. The number of hydrogen-bond acceptors (Lipinski definition) is 2. The fraction of sp³-hybridized carbons (Fsp3) is 0.222. The minimum atomic E-state index is 0.261. The van der Waals surface area contributed by atoms with Gasteiger partial charge in [-0.25, -0.2) is 0 Å². The van der Waals surface area contributed by atoms with E-state index in [9.17, 15) is 10.2 Å². The highest BCUT2D eigenvalue weighted by Gasteiger charge is 2.28. The van der Waals surface area contributed by atoms with Gasteiger partial charge in [0.05, 0.1) is 0 Å². The molecular formula is C18H18O2. The van der Waals surface area contributed by atoms with E-state index in [-0.39, 0.29) is 11.7 Å². The average molecular weight is 266 g/mol. The highest BCUT2D eigenvalue weighted by atomic mass is 16.3. The average Bonchev–Trinajstić information content (AvgIpc) is 2.72. The van der Waals surface area contributed by atoms with Crippen LogP contribution in [-0.4, -0.2) is 10.2 Å². The molecule has 20 heavy (non-hydrogen) atoms. The molecule has 0 heterocycles. The zero-order chi connectivity index (χ0) is 14.3. The Labute approximate surface area is 119 Å². The Morgan fingerprint density at radius 2 is 1.60 bits per heavy atom. The molecule has 2 N–H and O–H groups in total. The molecule has 0 aliphatic heterocycles. The maximum absolute atomic E-state index is 9.71. The first-order valence-electron chi connectivity index (χ1n) is 6.97. The number of allylic oxidation sites excluding steroid dienone is 2. The molecule has 0 spiro atoms. The first kappa shape index (κ1) is 12.8. The summed E-state index contributed by atoms with van der Waals surface area (Å²) in [5.74, 6) is 0.864. The van der Waals surface area contributed by atoms with Crippen molar-refractivity contribution in [2.45, 2.75) is 26.2 Å². The van der Waals surface area contributed by atoms with Crippen molar-refractivity contribution >= 4 is 11.1 Å². The van der Waals surface area contributed by atoms with Gasteiger partial charge in [-0.1, -0.05) is 32.0 Å². The Bertz CT molecular complexity index is 681. The van der Waals surface area contributed by atoms with E-state index in [2.05, 4.69) is 13.8 Å². The van der Waals surface area contributed by atoms with Crippen molar-refractivity contribution in [2.24, 2.45) is 0 Å². The van der Waals surface area contributed by atoms with Crippen LogP contribution in [0.3, 0.4) is 0 Å². The molecule has 0 unspecified atom stereocenters. The summed E-state index contributed by atoms with van der Waals surface area (Å²) in [6, 6.07) is 13.0. The molecule has 1 aliphatic rings. The number of fused-ring (bicyclic) bond motifs is 1. The van der Waals surface area contributed by atoms with Gasteiger partial charge in [0.25, 0.3) is 0 Å². The van der Waals surface area contributed by atoms with Gasteiger partial charge in [-0.2, -0.15) is 0 Å². The summed E-state index contributed by atoms with van der Waals surface area (Å²) in [7, 11) is 0. The zero-order valence-corrected chi connectivity index (χ0v) is 11.7. The van der Waals surface area contributed by atoms with Gasteiger partial charge in [0.15, 0.2) is 0 Å². The maximum Gasteiger partial charge on any atom is 0.115 e. The van der Waals surface area contributed by atoms with E-state index in [1.54, 1.807) is 18.2 Å². The number of hydrogen-bond donors (Lipinski definition) is 2. The summed E-state index contributed by atoms with van der Waals surface area (Å²) in [6.45, 7) is 4.33. The van der Waals surface area contributed by atoms with Crippen LogP contribution in [0.2, 0.25) is 0 Å². The summed E-state index contributed by atoms with van der Waals surface area (Å²) in [5, 5.41) is 19.2. The molecule has 1 atom stereocenters. The Balaban J connectivity index is 2.17. The lowest BCUT2D eigenvalue weighted by atomic mass is 9.92. The lowest BCUT2D eigenvalue weighted by Gasteiger charge is -2.12. The number of benzene rings is 2. The number of aromatic hydroxyl groups is 2. The van der Waals surface area contributed by atoms with Crippen molar-refractivity contribution in [2.75, 3.05) is 0 Å². The summed E-state index contributed by atoms with van der Waals surface area (Å²) in [6.07, 6.45) is 0.957. The standard InChI is InChI=1S/C18H18O2/c1-3-15-16-9-8-14(20)10-17(16)11(2)18(15)12-4-6-13(19)7-5-12/h4-11,19-20H,3H2,1-2H3/t11-/m1/s1. The van der Waals surface area contributed by atoms with Crippen molar-refractivity contribution in [3.05, 3.63) is 59.2 Å². The van der Waals surface area contributed by atoms with Gasteiger partial charge in [-0.3, -0.25) is 0 Å². The Hall–Kier alpha value is -2.22. The zero-order valence-electron chi connectivity index (χ0n) is 11.7. The summed E-state index contributed by atoms with van der Waals surface area (Å²) in [4.78, 5) is 0. The molecule has 0 bridgehead atoms. The minimum absolute atomic E-state index is 0.261. The van der Waals surface area contributed by atoms with Crippen LogP contribution in [0.25, 0.3) is 11.1 Å². The second-order valence-corrected chi connectivity index (χ2v) is 5.29. The third kappa shape index (κ3) is 1.88. The SMILES string of the molecule is CCC1=C(c2ccc(O)cc2)[C@H](C)c2cc(O)ccc21. The number of phenols is 2.